The van der Waals surface area contributed by atoms with Crippen molar-refractivity contribution in [2.75, 3.05) is 19.6 Å². The predicted molar refractivity (Wildman–Crippen MR) is 91.3 cm³/mol. The Morgan fingerprint density at radius 2 is 2.25 bits per heavy atom. The van der Waals surface area contributed by atoms with Gasteiger partial charge in [-0.15, -0.1) is 0 Å². The van der Waals surface area contributed by atoms with E-state index in [-0.39, 0.29) is 5.91 Å². The molecule has 1 N–H and O–H groups in total. The molecule has 2 aromatic rings. The average Bonchev–Trinajstić information content (AvgIpc) is 3.26. The predicted octanol–water partition coefficient (Wildman–Crippen LogP) is 2.07. The van der Waals surface area contributed by atoms with E-state index in [4.69, 9.17) is 4.42 Å². The number of aromatic nitrogens is 2. The number of piperidine rings is 1. The van der Waals surface area contributed by atoms with Crippen molar-refractivity contribution in [1.29, 1.82) is 0 Å². The molecule has 0 radical (unpaired) electrons. The van der Waals surface area contributed by atoms with Gasteiger partial charge in [0.25, 0.3) is 0 Å². The monoisotopic (exact) mass is 330 g/mol. The number of aryl methyl sites for hydroxylation is 1. The number of furan rings is 1. The van der Waals surface area contributed by atoms with Crippen LogP contribution in [0.15, 0.2) is 35.2 Å². The van der Waals surface area contributed by atoms with Crippen LogP contribution in [0.4, 0.5) is 0 Å². The lowest BCUT2D eigenvalue weighted by Crippen LogP contribution is -2.41. The van der Waals surface area contributed by atoms with Crippen molar-refractivity contribution in [3.63, 3.8) is 0 Å². The van der Waals surface area contributed by atoms with Crippen molar-refractivity contribution in [2.24, 2.45) is 5.92 Å². The van der Waals surface area contributed by atoms with E-state index in [1.54, 1.807) is 6.26 Å². The van der Waals surface area contributed by atoms with Gasteiger partial charge in [-0.1, -0.05) is 6.92 Å². The Kier molecular flexibility index (Phi) is 5.69. The van der Waals surface area contributed by atoms with Crippen molar-refractivity contribution in [3.8, 4) is 0 Å². The van der Waals surface area contributed by atoms with Gasteiger partial charge in [0.15, 0.2) is 0 Å². The molecule has 0 spiro atoms. The van der Waals surface area contributed by atoms with E-state index >= 15 is 0 Å². The minimum atomic E-state index is 0.0627. The molecular formula is C18H26N4O2. The highest BCUT2D eigenvalue weighted by molar-refractivity contribution is 5.77. The second-order valence-corrected chi connectivity index (χ2v) is 6.43. The van der Waals surface area contributed by atoms with Gasteiger partial charge in [-0.2, -0.15) is 0 Å². The number of nitrogens with zero attached hydrogens (tertiary/aromatic N) is 3. The summed E-state index contributed by atoms with van der Waals surface area (Å²) < 4.78 is 7.50. The number of nitrogens with one attached hydrogen (secondary N) is 1. The number of rotatable bonds is 7. The molecule has 6 heteroatoms. The van der Waals surface area contributed by atoms with Gasteiger partial charge in [0, 0.05) is 25.4 Å². The maximum absolute atomic E-state index is 12.0. The third kappa shape index (κ3) is 4.47. The summed E-state index contributed by atoms with van der Waals surface area (Å²) in [4.78, 5) is 18.6. The molecule has 1 fully saturated rings. The normalized spacial score (nSPS) is 16.4. The van der Waals surface area contributed by atoms with E-state index in [0.717, 1.165) is 50.5 Å². The van der Waals surface area contributed by atoms with Crippen LogP contribution in [0.1, 0.15) is 31.4 Å². The van der Waals surface area contributed by atoms with Crippen LogP contribution in [0.3, 0.4) is 0 Å². The molecule has 6 nitrogen and oxygen atoms in total. The Bertz CT molecular complexity index is 627. The number of hydrogen-bond donors (Lipinski definition) is 1. The zero-order valence-electron chi connectivity index (χ0n) is 14.3. The van der Waals surface area contributed by atoms with Gasteiger partial charge in [0.05, 0.1) is 19.4 Å². The molecule has 0 unspecified atom stereocenters. The third-order valence-electron chi connectivity index (χ3n) is 4.69. The van der Waals surface area contributed by atoms with Gasteiger partial charge in [0.2, 0.25) is 5.91 Å². The standard InChI is InChI=1S/C18H26N4O2/c1-2-17-19-7-10-22(17)13-15-5-8-21(9-6-15)14-18(23)20-12-16-4-3-11-24-16/h3-4,7,10-11,15H,2,5-6,8-9,12-14H2,1H3,(H,20,23). The number of hydrogen-bond acceptors (Lipinski definition) is 4. The molecule has 0 bridgehead atoms. The van der Waals surface area contributed by atoms with E-state index in [1.165, 1.54) is 0 Å². The number of likely N-dealkylation sites (tertiary alicyclic amines) is 1. The van der Waals surface area contributed by atoms with Crippen LogP contribution in [0.2, 0.25) is 0 Å². The summed E-state index contributed by atoms with van der Waals surface area (Å²) in [5.41, 5.74) is 0. The molecule has 1 saturated heterocycles. The van der Waals surface area contributed by atoms with E-state index in [1.807, 2.05) is 18.3 Å². The molecule has 1 aliphatic rings. The first kappa shape index (κ1) is 16.8. The first-order valence-corrected chi connectivity index (χ1v) is 8.76. The van der Waals surface area contributed by atoms with Crippen LogP contribution in [-0.4, -0.2) is 40.0 Å². The molecule has 1 aliphatic heterocycles. The highest BCUT2D eigenvalue weighted by Gasteiger charge is 2.21. The highest BCUT2D eigenvalue weighted by Crippen LogP contribution is 2.19. The first-order valence-electron chi connectivity index (χ1n) is 8.76. The number of amides is 1. The topological polar surface area (TPSA) is 63.3 Å². The molecular weight excluding hydrogens is 304 g/mol. The van der Waals surface area contributed by atoms with Crippen LogP contribution in [0, 0.1) is 5.92 Å². The number of carbonyl (C=O) groups excluding carboxylic acids is 1. The Morgan fingerprint density at radius 3 is 2.96 bits per heavy atom. The lowest BCUT2D eigenvalue weighted by atomic mass is 9.96. The van der Waals surface area contributed by atoms with E-state index in [0.29, 0.717) is 19.0 Å². The summed E-state index contributed by atoms with van der Waals surface area (Å²) in [6, 6.07) is 3.70. The van der Waals surface area contributed by atoms with Gasteiger partial charge in [-0.3, -0.25) is 9.69 Å². The molecule has 0 aliphatic carbocycles. The molecule has 2 aromatic heterocycles. The zero-order valence-corrected chi connectivity index (χ0v) is 14.3. The van der Waals surface area contributed by atoms with Crippen LogP contribution in [0.5, 0.6) is 0 Å². The second kappa shape index (κ2) is 8.15. The maximum atomic E-state index is 12.0. The van der Waals surface area contributed by atoms with Gasteiger partial charge in [-0.05, 0) is 44.0 Å². The molecule has 0 aromatic carbocycles. The molecule has 3 heterocycles. The fourth-order valence-corrected chi connectivity index (χ4v) is 3.28. The van der Waals surface area contributed by atoms with Crippen LogP contribution < -0.4 is 5.32 Å². The van der Waals surface area contributed by atoms with Crippen LogP contribution in [0.25, 0.3) is 0 Å². The van der Waals surface area contributed by atoms with E-state index in [2.05, 4.69) is 32.9 Å². The van der Waals surface area contributed by atoms with Crippen molar-refractivity contribution in [2.45, 2.75) is 39.3 Å². The molecule has 0 atom stereocenters. The fourth-order valence-electron chi connectivity index (χ4n) is 3.28. The molecule has 130 valence electrons. The second-order valence-electron chi connectivity index (χ2n) is 6.43. The lowest BCUT2D eigenvalue weighted by Gasteiger charge is -2.31. The molecule has 0 saturated carbocycles. The summed E-state index contributed by atoms with van der Waals surface area (Å²) >= 11 is 0. The van der Waals surface area contributed by atoms with Gasteiger partial charge < -0.3 is 14.3 Å². The largest absolute Gasteiger partial charge is 0.467 e. The Balaban J connectivity index is 1.38. The summed E-state index contributed by atoms with van der Waals surface area (Å²) in [6.45, 7) is 6.08. The zero-order chi connectivity index (χ0) is 16.8. The minimum Gasteiger partial charge on any atom is -0.467 e. The Labute approximate surface area is 142 Å². The van der Waals surface area contributed by atoms with Crippen molar-refractivity contribution in [3.05, 3.63) is 42.4 Å². The number of carbonyl (C=O) groups is 1. The van der Waals surface area contributed by atoms with Gasteiger partial charge >= 0.3 is 0 Å². The van der Waals surface area contributed by atoms with Gasteiger partial charge in [0.1, 0.15) is 11.6 Å². The van der Waals surface area contributed by atoms with Crippen LogP contribution in [-0.2, 0) is 24.3 Å². The van der Waals surface area contributed by atoms with Gasteiger partial charge in [-0.25, -0.2) is 4.98 Å². The lowest BCUT2D eigenvalue weighted by molar-refractivity contribution is -0.122. The van der Waals surface area contributed by atoms with Crippen molar-refractivity contribution < 1.29 is 9.21 Å². The molecule has 3 rings (SSSR count). The SMILES string of the molecule is CCc1nccn1CC1CCN(CC(=O)NCc2ccco2)CC1. The highest BCUT2D eigenvalue weighted by atomic mass is 16.3. The van der Waals surface area contributed by atoms with E-state index in [9.17, 15) is 4.79 Å². The molecule has 24 heavy (non-hydrogen) atoms. The summed E-state index contributed by atoms with van der Waals surface area (Å²) in [6.07, 6.45) is 8.82. The maximum Gasteiger partial charge on any atom is 0.234 e. The Morgan fingerprint density at radius 1 is 1.42 bits per heavy atom. The smallest absolute Gasteiger partial charge is 0.234 e. The van der Waals surface area contributed by atoms with Crippen molar-refractivity contribution >= 4 is 5.91 Å². The minimum absolute atomic E-state index is 0.0627. The van der Waals surface area contributed by atoms with Crippen molar-refractivity contribution in [1.82, 2.24) is 19.8 Å². The Hall–Kier alpha value is -2.08. The summed E-state index contributed by atoms with van der Waals surface area (Å²) in [5, 5.41) is 2.91. The first-order chi connectivity index (χ1) is 11.7. The number of imidazole rings is 1. The molecule has 1 amide bonds. The fraction of sp³-hybridized carbons (Fsp3) is 0.556. The van der Waals surface area contributed by atoms with Crippen LogP contribution >= 0.6 is 0 Å². The summed E-state index contributed by atoms with van der Waals surface area (Å²) in [5.74, 6) is 2.68. The average molecular weight is 330 g/mol. The summed E-state index contributed by atoms with van der Waals surface area (Å²) in [7, 11) is 0. The van der Waals surface area contributed by atoms with E-state index < -0.39 is 0 Å². The quantitative estimate of drug-likeness (QED) is 0.844. The third-order valence-corrected chi connectivity index (χ3v) is 4.69.